The Labute approximate surface area is 232 Å². The van der Waals surface area contributed by atoms with E-state index >= 15 is 0 Å². The first-order chi connectivity index (χ1) is 19.6. The van der Waals surface area contributed by atoms with Crippen LogP contribution in [0.3, 0.4) is 0 Å². The minimum Gasteiger partial charge on any atom is -0.497 e. The Hall–Kier alpha value is -4.84. The van der Waals surface area contributed by atoms with E-state index in [0.29, 0.717) is 23.0 Å². The average molecular weight is 535 g/mol. The largest absolute Gasteiger partial charge is 0.497 e. The summed E-state index contributed by atoms with van der Waals surface area (Å²) >= 11 is 0. The van der Waals surface area contributed by atoms with Gasteiger partial charge < -0.3 is 28.4 Å². The number of methoxy groups -OCH3 is 6. The molecular formula is C34H30O6. The molecule has 0 atom stereocenters. The summed E-state index contributed by atoms with van der Waals surface area (Å²) < 4.78 is 34.1. The number of hydrogen-bond donors (Lipinski definition) is 0. The fourth-order valence-electron chi connectivity index (χ4n) is 5.76. The molecule has 2 aliphatic carbocycles. The highest BCUT2D eigenvalue weighted by molar-refractivity contribution is 6.35. The first kappa shape index (κ1) is 25.4. The summed E-state index contributed by atoms with van der Waals surface area (Å²) in [6, 6.07) is 24.7. The summed E-state index contributed by atoms with van der Waals surface area (Å²) in [6.45, 7) is 0. The van der Waals surface area contributed by atoms with Gasteiger partial charge in [0.25, 0.3) is 0 Å². The topological polar surface area (TPSA) is 55.4 Å². The lowest BCUT2D eigenvalue weighted by molar-refractivity contribution is 0.355. The highest BCUT2D eigenvalue weighted by Crippen LogP contribution is 2.53. The van der Waals surface area contributed by atoms with Crippen molar-refractivity contribution in [3.05, 3.63) is 72.8 Å². The number of hydrogen-bond acceptors (Lipinski definition) is 6. The van der Waals surface area contributed by atoms with Crippen molar-refractivity contribution in [2.75, 3.05) is 42.7 Å². The first-order valence-electron chi connectivity index (χ1n) is 12.9. The van der Waals surface area contributed by atoms with Gasteiger partial charge in [0.15, 0.2) is 23.0 Å². The second kappa shape index (κ2) is 10.0. The number of rotatable bonds is 7. The van der Waals surface area contributed by atoms with Gasteiger partial charge in [-0.25, -0.2) is 0 Å². The van der Waals surface area contributed by atoms with Gasteiger partial charge >= 0.3 is 0 Å². The van der Waals surface area contributed by atoms with Gasteiger partial charge in [-0.3, -0.25) is 0 Å². The average Bonchev–Trinajstić information content (AvgIpc) is 3.18. The van der Waals surface area contributed by atoms with Gasteiger partial charge in [0.1, 0.15) is 11.5 Å². The van der Waals surface area contributed by atoms with Crippen molar-refractivity contribution in [2.24, 2.45) is 0 Å². The molecule has 0 aromatic heterocycles. The Morgan fingerprint density at radius 1 is 0.375 bits per heavy atom. The Morgan fingerprint density at radius 2 is 0.775 bits per heavy atom. The second-order valence-corrected chi connectivity index (χ2v) is 9.46. The Balaban J connectivity index is 1.92. The van der Waals surface area contributed by atoms with Gasteiger partial charge in [-0.05, 0) is 103 Å². The zero-order valence-corrected chi connectivity index (χ0v) is 23.4. The Morgan fingerprint density at radius 3 is 1.23 bits per heavy atom. The van der Waals surface area contributed by atoms with E-state index in [4.69, 9.17) is 28.4 Å². The molecule has 0 unspecified atom stereocenters. The van der Waals surface area contributed by atoms with Crippen LogP contribution in [0.4, 0.5) is 0 Å². The minimum atomic E-state index is 0.656. The summed E-state index contributed by atoms with van der Waals surface area (Å²) in [6.07, 6.45) is 0. The fourth-order valence-corrected chi connectivity index (χ4v) is 5.76. The van der Waals surface area contributed by atoms with Crippen molar-refractivity contribution in [2.45, 2.75) is 0 Å². The van der Waals surface area contributed by atoms with Crippen molar-refractivity contribution >= 4 is 32.3 Å². The molecule has 40 heavy (non-hydrogen) atoms. The number of benzene rings is 4. The summed E-state index contributed by atoms with van der Waals surface area (Å²) in [7, 11) is 9.99. The predicted octanol–water partition coefficient (Wildman–Crippen LogP) is 7.97. The minimum absolute atomic E-state index is 0.656. The molecule has 6 heteroatoms. The van der Waals surface area contributed by atoms with Gasteiger partial charge in [-0.1, -0.05) is 24.3 Å². The predicted molar refractivity (Wildman–Crippen MR) is 160 cm³/mol. The molecule has 0 heterocycles. The van der Waals surface area contributed by atoms with Crippen LogP contribution in [-0.2, 0) is 0 Å². The van der Waals surface area contributed by atoms with E-state index in [9.17, 15) is 0 Å². The van der Waals surface area contributed by atoms with Gasteiger partial charge in [0.05, 0.1) is 42.7 Å². The fraction of sp³-hybridized carbons (Fsp3) is 0.176. The lowest BCUT2D eigenvalue weighted by atomic mass is 9.92. The maximum absolute atomic E-state index is 5.78. The first-order valence-corrected chi connectivity index (χ1v) is 12.9. The van der Waals surface area contributed by atoms with E-state index in [0.717, 1.165) is 66.1 Å². The van der Waals surface area contributed by atoms with E-state index in [1.54, 1.807) is 42.7 Å². The molecule has 0 N–H and O–H groups in total. The standard InChI is InChI=1S/C34H30O6/c1-35-20-9-7-19(8-10-20)32-22-13-11-21(36-2)12-14-23(22)33-26-17-30(39-5)28(37-3)15-24(26)25-16-29(38-4)31(40-6)18-27(25)34(32)33/h7-18H,1-6H3. The van der Waals surface area contributed by atoms with Crippen LogP contribution in [0.1, 0.15) is 0 Å². The molecule has 0 fully saturated rings. The zero-order valence-electron chi connectivity index (χ0n) is 23.4. The molecule has 0 radical (unpaired) electrons. The molecule has 0 saturated carbocycles. The number of fused-ring (bicyclic) bond motifs is 8. The SMILES string of the molecule is COc1ccc(-c2c3ccc(OC)ccc-3c3c4cc(OC)c(OC)cc4c4cc(OC)c(OC)cc4c23)cc1. The van der Waals surface area contributed by atoms with Crippen molar-refractivity contribution in [1.82, 2.24) is 0 Å². The molecule has 0 aliphatic heterocycles. The van der Waals surface area contributed by atoms with Crippen LogP contribution in [0.5, 0.6) is 34.5 Å². The molecule has 6 nitrogen and oxygen atoms in total. The van der Waals surface area contributed by atoms with E-state index < -0.39 is 0 Å². The summed E-state index contributed by atoms with van der Waals surface area (Å²) in [4.78, 5) is 0. The van der Waals surface area contributed by atoms with Crippen molar-refractivity contribution < 1.29 is 28.4 Å². The lowest BCUT2D eigenvalue weighted by Crippen LogP contribution is -1.94. The zero-order chi connectivity index (χ0) is 28.0. The summed E-state index contributed by atoms with van der Waals surface area (Å²) in [5.74, 6) is 4.21. The normalized spacial score (nSPS) is 11.2. The third kappa shape index (κ3) is 3.79. The molecule has 0 bridgehead atoms. The van der Waals surface area contributed by atoms with E-state index in [2.05, 4.69) is 36.4 Å². The molecule has 4 aromatic rings. The van der Waals surface area contributed by atoms with E-state index in [-0.39, 0.29) is 0 Å². The molecule has 0 spiro atoms. The van der Waals surface area contributed by atoms with Crippen LogP contribution in [0.15, 0.2) is 72.8 Å². The van der Waals surface area contributed by atoms with Crippen molar-refractivity contribution in [3.8, 4) is 56.8 Å². The van der Waals surface area contributed by atoms with Crippen molar-refractivity contribution in [1.29, 1.82) is 0 Å². The van der Waals surface area contributed by atoms with Crippen molar-refractivity contribution in [3.63, 3.8) is 0 Å². The molecule has 6 rings (SSSR count). The van der Waals surface area contributed by atoms with Crippen LogP contribution in [0.2, 0.25) is 0 Å². The molecule has 202 valence electrons. The van der Waals surface area contributed by atoms with Crippen LogP contribution in [0.25, 0.3) is 54.6 Å². The summed E-state index contributed by atoms with van der Waals surface area (Å²) in [5.41, 5.74) is 4.38. The maximum atomic E-state index is 5.78. The molecule has 2 aliphatic rings. The van der Waals surface area contributed by atoms with Crippen LogP contribution in [0, 0.1) is 0 Å². The lowest BCUT2D eigenvalue weighted by Gasteiger charge is -2.16. The van der Waals surface area contributed by atoms with Crippen LogP contribution in [-0.4, -0.2) is 42.7 Å². The van der Waals surface area contributed by atoms with Crippen LogP contribution >= 0.6 is 0 Å². The molecule has 4 aromatic carbocycles. The quantitative estimate of drug-likeness (QED) is 0.194. The van der Waals surface area contributed by atoms with Gasteiger partial charge in [0.2, 0.25) is 0 Å². The maximum Gasteiger partial charge on any atom is 0.161 e. The van der Waals surface area contributed by atoms with Gasteiger partial charge in [-0.15, -0.1) is 0 Å². The monoisotopic (exact) mass is 534 g/mol. The van der Waals surface area contributed by atoms with Crippen LogP contribution < -0.4 is 28.4 Å². The highest BCUT2D eigenvalue weighted by atomic mass is 16.5. The summed E-state index contributed by atoms with van der Waals surface area (Å²) in [5, 5.41) is 6.35. The Bertz CT molecular complexity index is 1860. The van der Waals surface area contributed by atoms with E-state index in [1.807, 2.05) is 36.4 Å². The third-order valence-corrected chi connectivity index (χ3v) is 7.65. The second-order valence-electron chi connectivity index (χ2n) is 9.46. The number of ether oxygens (including phenoxy) is 6. The van der Waals surface area contributed by atoms with Gasteiger partial charge in [-0.2, -0.15) is 0 Å². The Kier molecular flexibility index (Phi) is 6.39. The molecular weight excluding hydrogens is 504 g/mol. The third-order valence-electron chi connectivity index (χ3n) is 7.65. The smallest absolute Gasteiger partial charge is 0.161 e. The van der Waals surface area contributed by atoms with Gasteiger partial charge in [0, 0.05) is 0 Å². The molecule has 0 saturated heterocycles. The van der Waals surface area contributed by atoms with E-state index in [1.165, 1.54) is 0 Å². The highest BCUT2D eigenvalue weighted by Gasteiger charge is 2.25. The molecule has 0 amide bonds.